The van der Waals surface area contributed by atoms with E-state index in [0.717, 1.165) is 16.3 Å². The topological polar surface area (TPSA) is 118 Å². The fraction of sp³-hybridized carbons (Fsp3) is 0.143. The van der Waals surface area contributed by atoms with E-state index in [-0.39, 0.29) is 23.3 Å². The molecule has 0 fully saturated rings. The molecule has 3 aromatic carbocycles. The van der Waals surface area contributed by atoms with Gasteiger partial charge in [-0.25, -0.2) is 13.6 Å². The van der Waals surface area contributed by atoms with Crippen LogP contribution in [0.5, 0.6) is 0 Å². The molecule has 150 valence electrons. The molecule has 0 aliphatic rings. The monoisotopic (exact) mass is 411 g/mol. The van der Waals surface area contributed by atoms with Gasteiger partial charge in [0.1, 0.15) is 0 Å². The lowest BCUT2D eigenvalue weighted by Crippen LogP contribution is -2.37. The van der Waals surface area contributed by atoms with Crippen LogP contribution in [0.4, 0.5) is 0 Å². The molecule has 0 atom stereocenters. The first-order valence-electron chi connectivity index (χ1n) is 8.98. The van der Waals surface area contributed by atoms with E-state index in [9.17, 15) is 18.0 Å². The quantitative estimate of drug-likeness (QED) is 0.547. The largest absolute Gasteiger partial charge is 0.354 e. The van der Waals surface area contributed by atoms with Crippen molar-refractivity contribution in [3.8, 4) is 0 Å². The molecule has 0 saturated heterocycles. The lowest BCUT2D eigenvalue weighted by molar-refractivity contribution is -0.120. The number of carbonyl (C=O) groups excluding carboxylic acids is 2. The van der Waals surface area contributed by atoms with Gasteiger partial charge in [-0.2, -0.15) is 0 Å². The third-order valence-electron chi connectivity index (χ3n) is 4.41. The first kappa shape index (κ1) is 20.5. The van der Waals surface area contributed by atoms with E-state index < -0.39 is 10.0 Å². The van der Waals surface area contributed by atoms with Crippen LogP contribution in [-0.2, 0) is 21.2 Å². The van der Waals surface area contributed by atoms with Crippen LogP contribution in [0, 0.1) is 0 Å². The zero-order valence-corrected chi connectivity index (χ0v) is 16.4. The molecule has 29 heavy (non-hydrogen) atoms. The average Bonchev–Trinajstić information content (AvgIpc) is 2.71. The number of nitrogens with two attached hydrogens (primary N) is 1. The Morgan fingerprint density at radius 1 is 0.862 bits per heavy atom. The molecule has 0 aliphatic carbocycles. The summed E-state index contributed by atoms with van der Waals surface area (Å²) in [6.07, 6.45) is 0.523. The van der Waals surface area contributed by atoms with Gasteiger partial charge in [-0.15, -0.1) is 0 Å². The van der Waals surface area contributed by atoms with Crippen LogP contribution in [0.15, 0.2) is 71.6 Å². The number of amides is 2. The molecule has 8 heteroatoms. The highest BCUT2D eigenvalue weighted by Gasteiger charge is 2.09. The molecule has 0 heterocycles. The number of nitrogens with one attached hydrogen (secondary N) is 2. The molecule has 0 radical (unpaired) electrons. The Kier molecular flexibility index (Phi) is 6.26. The Hall–Kier alpha value is -3.23. The van der Waals surface area contributed by atoms with Gasteiger partial charge in [0.15, 0.2) is 0 Å². The van der Waals surface area contributed by atoms with Crippen molar-refractivity contribution in [3.63, 3.8) is 0 Å². The predicted molar refractivity (Wildman–Crippen MR) is 111 cm³/mol. The van der Waals surface area contributed by atoms with Gasteiger partial charge in [-0.05, 0) is 47.0 Å². The Morgan fingerprint density at radius 3 is 2.24 bits per heavy atom. The summed E-state index contributed by atoms with van der Waals surface area (Å²) in [5, 5.41) is 12.4. The van der Waals surface area contributed by atoms with E-state index in [2.05, 4.69) is 10.6 Å². The Labute approximate surface area is 169 Å². The number of benzene rings is 3. The van der Waals surface area contributed by atoms with E-state index in [1.807, 2.05) is 30.3 Å². The summed E-state index contributed by atoms with van der Waals surface area (Å²) in [5.74, 6) is -0.621. The van der Waals surface area contributed by atoms with E-state index in [0.29, 0.717) is 18.5 Å². The van der Waals surface area contributed by atoms with E-state index >= 15 is 0 Å². The van der Waals surface area contributed by atoms with Gasteiger partial charge in [0.2, 0.25) is 15.9 Å². The molecule has 3 rings (SSSR count). The molecule has 3 aromatic rings. The van der Waals surface area contributed by atoms with Crippen molar-refractivity contribution >= 4 is 32.6 Å². The summed E-state index contributed by atoms with van der Waals surface area (Å²) in [6, 6.07) is 19.2. The summed E-state index contributed by atoms with van der Waals surface area (Å²) >= 11 is 0. The van der Waals surface area contributed by atoms with E-state index in [1.165, 1.54) is 12.1 Å². The van der Waals surface area contributed by atoms with E-state index in [1.54, 1.807) is 24.3 Å². The minimum absolute atomic E-state index is 0.0432. The molecule has 0 spiro atoms. The maximum Gasteiger partial charge on any atom is 0.251 e. The molecular weight excluding hydrogens is 390 g/mol. The number of hydrogen-bond acceptors (Lipinski definition) is 4. The molecule has 0 unspecified atom stereocenters. The maximum atomic E-state index is 12.3. The highest BCUT2D eigenvalue weighted by atomic mass is 32.2. The molecule has 4 N–H and O–H groups in total. The fourth-order valence-electron chi connectivity index (χ4n) is 2.85. The third-order valence-corrected chi connectivity index (χ3v) is 5.34. The van der Waals surface area contributed by atoms with Gasteiger partial charge < -0.3 is 10.6 Å². The first-order valence-corrected chi connectivity index (χ1v) is 10.5. The van der Waals surface area contributed by atoms with Gasteiger partial charge in [0.25, 0.3) is 5.91 Å². The third kappa shape index (κ3) is 5.63. The highest BCUT2D eigenvalue weighted by molar-refractivity contribution is 7.89. The smallest absolute Gasteiger partial charge is 0.251 e. The van der Waals surface area contributed by atoms with Crippen LogP contribution in [0.3, 0.4) is 0 Å². The van der Waals surface area contributed by atoms with Crippen LogP contribution in [0.2, 0.25) is 0 Å². The minimum atomic E-state index is -3.71. The van der Waals surface area contributed by atoms with Crippen LogP contribution < -0.4 is 15.8 Å². The minimum Gasteiger partial charge on any atom is -0.354 e. The van der Waals surface area contributed by atoms with Gasteiger partial charge in [0.05, 0.1) is 11.4 Å². The fourth-order valence-corrected chi connectivity index (χ4v) is 3.36. The second kappa shape index (κ2) is 8.85. The summed E-state index contributed by atoms with van der Waals surface area (Å²) in [6.45, 7) is 0.232. The number of sulfonamides is 1. The number of carbonyl (C=O) groups is 2. The molecule has 0 bridgehead atoms. The van der Waals surface area contributed by atoms with Crippen LogP contribution in [-0.4, -0.2) is 33.3 Å². The lowest BCUT2D eigenvalue weighted by Gasteiger charge is -2.08. The van der Waals surface area contributed by atoms with Crippen molar-refractivity contribution in [3.05, 3.63) is 77.9 Å². The van der Waals surface area contributed by atoms with Crippen molar-refractivity contribution in [1.29, 1.82) is 0 Å². The normalized spacial score (nSPS) is 11.2. The predicted octanol–water partition coefficient (Wildman–Crippen LogP) is 1.58. The summed E-state index contributed by atoms with van der Waals surface area (Å²) in [7, 11) is -3.71. The molecule has 0 aromatic heterocycles. The van der Waals surface area contributed by atoms with Crippen molar-refractivity contribution in [2.24, 2.45) is 5.14 Å². The second-order valence-corrected chi connectivity index (χ2v) is 8.09. The van der Waals surface area contributed by atoms with Crippen molar-refractivity contribution in [2.75, 3.05) is 13.1 Å². The molecule has 0 aliphatic heterocycles. The number of fused-ring (bicyclic) bond motifs is 1. The molecule has 0 saturated carbocycles. The van der Waals surface area contributed by atoms with Crippen molar-refractivity contribution in [2.45, 2.75) is 11.3 Å². The van der Waals surface area contributed by atoms with Crippen molar-refractivity contribution < 1.29 is 18.0 Å². The van der Waals surface area contributed by atoms with Crippen LogP contribution in [0.1, 0.15) is 15.9 Å². The molecule has 2 amide bonds. The zero-order chi connectivity index (χ0) is 20.9. The first-order chi connectivity index (χ1) is 13.8. The summed E-state index contributed by atoms with van der Waals surface area (Å²) in [4.78, 5) is 24.2. The highest BCUT2D eigenvalue weighted by Crippen LogP contribution is 2.15. The zero-order valence-electron chi connectivity index (χ0n) is 15.6. The lowest BCUT2D eigenvalue weighted by atomic mass is 10.1. The second-order valence-electron chi connectivity index (χ2n) is 6.53. The van der Waals surface area contributed by atoms with Crippen LogP contribution >= 0.6 is 0 Å². The Morgan fingerprint density at radius 2 is 1.55 bits per heavy atom. The Bertz CT molecular complexity index is 1140. The molecular formula is C21H21N3O4S. The van der Waals surface area contributed by atoms with Crippen LogP contribution in [0.25, 0.3) is 10.8 Å². The maximum absolute atomic E-state index is 12.3. The number of rotatable bonds is 7. The number of hydrogen-bond donors (Lipinski definition) is 3. The Balaban J connectivity index is 1.45. The van der Waals surface area contributed by atoms with Gasteiger partial charge in [-0.3, -0.25) is 9.59 Å². The van der Waals surface area contributed by atoms with Gasteiger partial charge >= 0.3 is 0 Å². The van der Waals surface area contributed by atoms with Gasteiger partial charge in [-0.1, -0.05) is 42.5 Å². The number of primary sulfonamides is 1. The van der Waals surface area contributed by atoms with Crippen molar-refractivity contribution in [1.82, 2.24) is 10.6 Å². The van der Waals surface area contributed by atoms with Gasteiger partial charge in [0, 0.05) is 12.1 Å². The SMILES string of the molecule is NS(=O)(=O)c1ccc(CCNC(=O)CNC(=O)c2ccc3ccccc3c2)cc1. The summed E-state index contributed by atoms with van der Waals surface area (Å²) < 4.78 is 22.5. The standard InChI is InChI=1S/C21H21N3O4S/c22-29(27,28)19-9-5-15(6-10-19)11-12-23-20(25)14-24-21(26)18-8-7-16-3-1-2-4-17(16)13-18/h1-10,13H,11-12,14H2,(H,23,25)(H,24,26)(H2,22,27,28). The average molecular weight is 411 g/mol. The summed E-state index contributed by atoms with van der Waals surface area (Å²) in [5.41, 5.74) is 1.35. The molecule has 7 nitrogen and oxygen atoms in total. The van der Waals surface area contributed by atoms with E-state index in [4.69, 9.17) is 5.14 Å².